The Balaban J connectivity index is 2.24. The van der Waals surface area contributed by atoms with Crippen molar-refractivity contribution in [2.45, 2.75) is 19.3 Å². The molecule has 0 saturated heterocycles. The number of ether oxygens (including phenoxy) is 2. The standard InChI is InChI=1S/C22H20FNO7/c1-4-21(18(25)14-5-9-15(23)10-6-14)17(13-7-11-16(12-8-13)24(28)29)22(21,19(26)30-2)20(27)31-3/h5-12,17H,4H2,1-3H3. The summed E-state index contributed by atoms with van der Waals surface area (Å²) in [5, 5.41) is 11.0. The molecule has 0 aliphatic heterocycles. The first-order chi connectivity index (χ1) is 14.7. The summed E-state index contributed by atoms with van der Waals surface area (Å²) in [5.74, 6) is -3.96. The largest absolute Gasteiger partial charge is 0.468 e. The first kappa shape index (κ1) is 22.1. The number of Topliss-reactive ketones (excluding diaryl/α,β-unsaturated/α-hetero) is 1. The number of carbonyl (C=O) groups excluding carboxylic acids is 3. The second kappa shape index (κ2) is 7.90. The van der Waals surface area contributed by atoms with Gasteiger partial charge in [0, 0.05) is 23.6 Å². The lowest BCUT2D eigenvalue weighted by Crippen LogP contribution is -2.37. The smallest absolute Gasteiger partial charge is 0.324 e. The topological polar surface area (TPSA) is 113 Å². The summed E-state index contributed by atoms with van der Waals surface area (Å²) in [6.45, 7) is 1.65. The van der Waals surface area contributed by atoms with Crippen LogP contribution in [0.2, 0.25) is 0 Å². The fraction of sp³-hybridized carbons (Fsp3) is 0.318. The second-order valence-corrected chi connectivity index (χ2v) is 7.23. The molecular formula is C22H20FNO7. The van der Waals surface area contributed by atoms with Crippen LogP contribution in [0.1, 0.15) is 35.2 Å². The number of hydrogen-bond donors (Lipinski definition) is 0. The third-order valence-corrected chi connectivity index (χ3v) is 6.07. The van der Waals surface area contributed by atoms with Crippen LogP contribution in [-0.4, -0.2) is 36.9 Å². The summed E-state index contributed by atoms with van der Waals surface area (Å²) in [6.07, 6.45) is 0.0645. The Morgan fingerprint density at radius 2 is 1.52 bits per heavy atom. The van der Waals surface area contributed by atoms with E-state index in [4.69, 9.17) is 9.47 Å². The number of benzene rings is 2. The Morgan fingerprint density at radius 3 is 1.94 bits per heavy atom. The summed E-state index contributed by atoms with van der Waals surface area (Å²) in [5.41, 5.74) is -3.24. The van der Waals surface area contributed by atoms with Crippen LogP contribution in [0, 0.1) is 26.8 Å². The molecule has 0 aromatic heterocycles. The van der Waals surface area contributed by atoms with Crippen molar-refractivity contribution in [3.63, 3.8) is 0 Å². The van der Waals surface area contributed by atoms with Crippen LogP contribution in [0.25, 0.3) is 0 Å². The lowest BCUT2D eigenvalue weighted by Gasteiger charge is -2.20. The zero-order valence-electron chi connectivity index (χ0n) is 17.1. The number of ketones is 1. The van der Waals surface area contributed by atoms with Crippen LogP contribution in [0.4, 0.5) is 10.1 Å². The average molecular weight is 429 g/mol. The molecule has 162 valence electrons. The molecule has 0 N–H and O–H groups in total. The second-order valence-electron chi connectivity index (χ2n) is 7.23. The molecule has 0 radical (unpaired) electrons. The van der Waals surface area contributed by atoms with Crippen LogP contribution >= 0.6 is 0 Å². The number of nitro benzene ring substituents is 1. The molecule has 2 aromatic carbocycles. The molecule has 2 atom stereocenters. The predicted octanol–water partition coefficient (Wildman–Crippen LogP) is 3.44. The van der Waals surface area contributed by atoms with Gasteiger partial charge < -0.3 is 9.47 Å². The van der Waals surface area contributed by atoms with Gasteiger partial charge in [0.25, 0.3) is 5.69 Å². The molecule has 3 rings (SSSR count). The monoisotopic (exact) mass is 429 g/mol. The van der Waals surface area contributed by atoms with E-state index in [1.807, 2.05) is 0 Å². The van der Waals surface area contributed by atoms with E-state index < -0.39 is 45.2 Å². The average Bonchev–Trinajstić information content (AvgIpc) is 3.43. The number of halogens is 1. The van der Waals surface area contributed by atoms with E-state index in [1.165, 1.54) is 36.4 Å². The molecule has 1 fully saturated rings. The van der Waals surface area contributed by atoms with E-state index in [2.05, 4.69) is 0 Å². The third-order valence-electron chi connectivity index (χ3n) is 6.07. The normalized spacial score (nSPS) is 21.1. The maximum absolute atomic E-state index is 13.6. The van der Waals surface area contributed by atoms with Crippen molar-refractivity contribution >= 4 is 23.4 Å². The molecular weight excluding hydrogens is 409 g/mol. The van der Waals surface area contributed by atoms with E-state index in [9.17, 15) is 28.9 Å². The van der Waals surface area contributed by atoms with Gasteiger partial charge in [0.2, 0.25) is 0 Å². The molecule has 0 heterocycles. The molecule has 2 unspecified atom stereocenters. The van der Waals surface area contributed by atoms with Crippen molar-refractivity contribution in [2.24, 2.45) is 10.8 Å². The van der Waals surface area contributed by atoms with Crippen LogP contribution in [0.15, 0.2) is 48.5 Å². The van der Waals surface area contributed by atoms with Gasteiger partial charge in [0.15, 0.2) is 11.2 Å². The Bertz CT molecular complexity index is 1030. The molecule has 0 bridgehead atoms. The zero-order valence-corrected chi connectivity index (χ0v) is 17.1. The number of nitrogens with zero attached hydrogens (tertiary/aromatic N) is 1. The van der Waals surface area contributed by atoms with Gasteiger partial charge in [0.05, 0.1) is 24.6 Å². The number of nitro groups is 1. The Hall–Kier alpha value is -3.62. The lowest BCUT2D eigenvalue weighted by atomic mass is 9.83. The van der Waals surface area contributed by atoms with Gasteiger partial charge in [-0.2, -0.15) is 0 Å². The number of esters is 2. The summed E-state index contributed by atoms with van der Waals surface area (Å²) in [4.78, 5) is 50.0. The van der Waals surface area contributed by atoms with Crippen LogP contribution < -0.4 is 0 Å². The van der Waals surface area contributed by atoms with Crippen molar-refractivity contribution in [1.29, 1.82) is 0 Å². The van der Waals surface area contributed by atoms with Gasteiger partial charge in [-0.25, -0.2) is 4.39 Å². The summed E-state index contributed by atoms with van der Waals surface area (Å²) < 4.78 is 23.2. The lowest BCUT2D eigenvalue weighted by molar-refractivity contribution is -0.384. The SMILES string of the molecule is CCC1(C(=O)c2ccc(F)cc2)C(c2ccc([N+](=O)[O-])cc2)C1(C(=O)OC)C(=O)OC. The van der Waals surface area contributed by atoms with Crippen molar-refractivity contribution in [3.8, 4) is 0 Å². The fourth-order valence-corrected chi connectivity index (χ4v) is 4.68. The van der Waals surface area contributed by atoms with Crippen molar-refractivity contribution in [3.05, 3.63) is 75.6 Å². The van der Waals surface area contributed by atoms with Crippen molar-refractivity contribution in [1.82, 2.24) is 0 Å². The Kier molecular flexibility index (Phi) is 5.62. The molecule has 1 saturated carbocycles. The van der Waals surface area contributed by atoms with E-state index in [0.29, 0.717) is 5.56 Å². The number of methoxy groups -OCH3 is 2. The first-order valence-electron chi connectivity index (χ1n) is 9.43. The van der Waals surface area contributed by atoms with E-state index >= 15 is 0 Å². The van der Waals surface area contributed by atoms with E-state index in [1.54, 1.807) is 6.92 Å². The summed E-state index contributed by atoms with van der Waals surface area (Å²) in [6, 6.07) is 10.0. The molecule has 0 spiro atoms. The first-order valence-corrected chi connectivity index (χ1v) is 9.43. The van der Waals surface area contributed by atoms with E-state index in [0.717, 1.165) is 26.4 Å². The predicted molar refractivity (Wildman–Crippen MR) is 106 cm³/mol. The highest BCUT2D eigenvalue weighted by molar-refractivity contribution is 6.18. The zero-order chi connectivity index (χ0) is 23.0. The Morgan fingerprint density at radius 1 is 1.00 bits per heavy atom. The maximum Gasteiger partial charge on any atom is 0.324 e. The number of carbonyl (C=O) groups is 3. The minimum atomic E-state index is -1.98. The number of rotatable bonds is 7. The highest BCUT2D eigenvalue weighted by Gasteiger charge is 2.88. The fourth-order valence-electron chi connectivity index (χ4n) is 4.68. The maximum atomic E-state index is 13.6. The number of hydrogen-bond acceptors (Lipinski definition) is 7. The molecule has 1 aliphatic rings. The van der Waals surface area contributed by atoms with E-state index in [-0.39, 0.29) is 17.7 Å². The molecule has 9 heteroatoms. The molecule has 2 aromatic rings. The van der Waals surface area contributed by atoms with Gasteiger partial charge in [-0.3, -0.25) is 24.5 Å². The minimum absolute atomic E-state index is 0.0645. The summed E-state index contributed by atoms with van der Waals surface area (Å²) in [7, 11) is 2.20. The van der Waals surface area contributed by atoms with Crippen molar-refractivity contribution < 1.29 is 33.2 Å². The Labute approximate surface area is 177 Å². The highest BCUT2D eigenvalue weighted by atomic mass is 19.1. The third kappa shape index (κ3) is 2.99. The van der Waals surface area contributed by atoms with Gasteiger partial charge in [-0.15, -0.1) is 0 Å². The van der Waals surface area contributed by atoms with Crippen LogP contribution in [0.3, 0.4) is 0 Å². The van der Waals surface area contributed by atoms with Crippen LogP contribution in [-0.2, 0) is 19.1 Å². The molecule has 31 heavy (non-hydrogen) atoms. The molecule has 1 aliphatic carbocycles. The summed E-state index contributed by atoms with van der Waals surface area (Å²) >= 11 is 0. The minimum Gasteiger partial charge on any atom is -0.468 e. The van der Waals surface area contributed by atoms with Crippen molar-refractivity contribution in [2.75, 3.05) is 14.2 Å². The van der Waals surface area contributed by atoms with Crippen LogP contribution in [0.5, 0.6) is 0 Å². The van der Waals surface area contributed by atoms with Gasteiger partial charge in [-0.05, 0) is 36.2 Å². The van der Waals surface area contributed by atoms with Gasteiger partial charge >= 0.3 is 11.9 Å². The molecule has 0 amide bonds. The number of non-ortho nitro benzene ring substituents is 1. The van der Waals surface area contributed by atoms with Gasteiger partial charge in [0.1, 0.15) is 5.82 Å². The quantitative estimate of drug-likeness (QED) is 0.218. The highest BCUT2D eigenvalue weighted by Crippen LogP contribution is 2.77. The molecule has 8 nitrogen and oxygen atoms in total. The van der Waals surface area contributed by atoms with Gasteiger partial charge in [-0.1, -0.05) is 19.1 Å².